The summed E-state index contributed by atoms with van der Waals surface area (Å²) in [5.74, 6) is -0.562. The fourth-order valence-corrected chi connectivity index (χ4v) is 9.27. The summed E-state index contributed by atoms with van der Waals surface area (Å²) >= 11 is 0. The summed E-state index contributed by atoms with van der Waals surface area (Å²) in [6, 6.07) is 0. The van der Waals surface area contributed by atoms with E-state index >= 15 is 0 Å². The maximum Gasteiger partial charge on any atom is 0.306 e. The van der Waals surface area contributed by atoms with Gasteiger partial charge in [-0.3, -0.25) is 9.59 Å². The first-order valence-corrected chi connectivity index (χ1v) is 29.1. The molecule has 376 valence electrons. The summed E-state index contributed by atoms with van der Waals surface area (Å²) < 4.78 is 10.7. The van der Waals surface area contributed by atoms with E-state index in [-0.39, 0.29) is 25.2 Å². The fourth-order valence-electron chi connectivity index (χ4n) is 9.27. The van der Waals surface area contributed by atoms with Gasteiger partial charge in [-0.25, -0.2) is 0 Å². The van der Waals surface area contributed by atoms with E-state index in [0.717, 1.165) is 32.1 Å². The molecule has 5 heteroatoms. The Kier molecular flexibility index (Phi) is 54.3. The van der Waals surface area contributed by atoms with Crippen molar-refractivity contribution in [2.45, 2.75) is 347 Å². The lowest BCUT2D eigenvalue weighted by Gasteiger charge is -2.15. The average Bonchev–Trinajstić information content (AvgIpc) is 3.29. The Morgan fingerprint density at radius 3 is 0.698 bits per heavy atom. The first-order valence-electron chi connectivity index (χ1n) is 29.1. The number of aliphatic hydroxyl groups excluding tert-OH is 1. The highest BCUT2D eigenvalue weighted by atomic mass is 16.6. The minimum atomic E-state index is -0.764. The number of carbonyl (C=O) groups excluding carboxylic acids is 2. The molecular formula is C58H114O5. The minimum Gasteiger partial charge on any atom is -0.462 e. The number of esters is 2. The highest BCUT2D eigenvalue weighted by Crippen LogP contribution is 2.18. The van der Waals surface area contributed by atoms with Gasteiger partial charge in [0.15, 0.2) is 6.10 Å². The van der Waals surface area contributed by atoms with Gasteiger partial charge in [0.2, 0.25) is 0 Å². The maximum absolute atomic E-state index is 12.3. The van der Waals surface area contributed by atoms with E-state index in [1.807, 2.05) is 0 Å². The van der Waals surface area contributed by atoms with Crippen LogP contribution in [0.2, 0.25) is 0 Å². The van der Waals surface area contributed by atoms with E-state index in [1.54, 1.807) is 0 Å². The lowest BCUT2D eigenvalue weighted by molar-refractivity contribution is -0.161. The van der Waals surface area contributed by atoms with Crippen molar-refractivity contribution < 1.29 is 24.2 Å². The van der Waals surface area contributed by atoms with Gasteiger partial charge in [0.1, 0.15) is 6.61 Å². The number of hydrogen-bond donors (Lipinski definition) is 1. The zero-order valence-electron chi connectivity index (χ0n) is 43.1. The molecule has 0 rings (SSSR count). The van der Waals surface area contributed by atoms with Gasteiger partial charge in [-0.2, -0.15) is 0 Å². The number of rotatable bonds is 55. The molecule has 1 atom stereocenters. The Bertz CT molecular complexity index is 875. The van der Waals surface area contributed by atoms with Crippen molar-refractivity contribution in [1.82, 2.24) is 0 Å². The first-order chi connectivity index (χ1) is 31.1. The third-order valence-electron chi connectivity index (χ3n) is 13.7. The topological polar surface area (TPSA) is 72.8 Å². The maximum atomic E-state index is 12.3. The minimum absolute atomic E-state index is 0.0556. The second-order valence-corrected chi connectivity index (χ2v) is 20.1. The first kappa shape index (κ1) is 61.9. The molecule has 0 radical (unpaired) electrons. The van der Waals surface area contributed by atoms with Crippen LogP contribution in [0.25, 0.3) is 0 Å². The molecule has 0 spiro atoms. The molecule has 0 aromatic rings. The molecule has 0 aromatic heterocycles. The fraction of sp³-hybridized carbons (Fsp3) is 0.966. The molecule has 0 aliphatic rings. The molecule has 0 saturated carbocycles. The Balaban J connectivity index is 3.39. The van der Waals surface area contributed by atoms with Crippen molar-refractivity contribution in [3.05, 3.63) is 0 Å². The molecule has 0 saturated heterocycles. The lowest BCUT2D eigenvalue weighted by atomic mass is 10.0. The largest absolute Gasteiger partial charge is 0.462 e. The zero-order valence-corrected chi connectivity index (χ0v) is 43.1. The van der Waals surface area contributed by atoms with E-state index in [4.69, 9.17) is 9.47 Å². The smallest absolute Gasteiger partial charge is 0.306 e. The molecule has 1 N–H and O–H groups in total. The van der Waals surface area contributed by atoms with E-state index in [1.165, 1.54) is 283 Å². The van der Waals surface area contributed by atoms with Crippen molar-refractivity contribution in [3.63, 3.8) is 0 Å². The van der Waals surface area contributed by atoms with Gasteiger partial charge >= 0.3 is 11.9 Å². The van der Waals surface area contributed by atoms with Crippen LogP contribution in [-0.2, 0) is 19.1 Å². The molecule has 0 amide bonds. The summed E-state index contributed by atoms with van der Waals surface area (Å²) in [5.41, 5.74) is 0. The van der Waals surface area contributed by atoms with E-state index < -0.39 is 6.10 Å². The van der Waals surface area contributed by atoms with Crippen molar-refractivity contribution in [3.8, 4) is 0 Å². The molecule has 0 aliphatic heterocycles. The lowest BCUT2D eigenvalue weighted by Crippen LogP contribution is -2.28. The summed E-state index contributed by atoms with van der Waals surface area (Å²) in [6.45, 7) is 4.21. The number of carbonyl (C=O) groups is 2. The quantitative estimate of drug-likeness (QED) is 0.0486. The molecular weight excluding hydrogens is 777 g/mol. The Morgan fingerprint density at radius 1 is 0.302 bits per heavy atom. The number of aliphatic hydroxyl groups is 1. The number of hydrogen-bond acceptors (Lipinski definition) is 5. The summed E-state index contributed by atoms with van der Waals surface area (Å²) in [6.07, 6.45) is 66.6. The van der Waals surface area contributed by atoms with Crippen LogP contribution in [0.3, 0.4) is 0 Å². The van der Waals surface area contributed by atoms with Crippen molar-refractivity contribution in [1.29, 1.82) is 0 Å². The molecule has 63 heavy (non-hydrogen) atoms. The predicted octanol–water partition coefficient (Wildman–Crippen LogP) is 19.4. The van der Waals surface area contributed by atoms with Crippen LogP contribution in [0.1, 0.15) is 341 Å². The standard InChI is InChI=1S/C58H114O5/c1-3-5-7-9-11-13-15-17-19-21-23-25-27-28-29-31-33-35-37-39-41-43-45-47-49-51-53-58(61)63-56(54-59)55-62-57(60)52-50-48-46-44-42-40-38-36-34-32-30-26-24-22-20-18-16-14-12-10-8-6-4-2/h56,59H,3-55H2,1-2H3. The third kappa shape index (κ3) is 53.4. The number of ether oxygens (including phenoxy) is 2. The Labute approximate surface area is 395 Å². The van der Waals surface area contributed by atoms with Gasteiger partial charge in [-0.1, -0.05) is 316 Å². The molecule has 0 aromatic carbocycles. The van der Waals surface area contributed by atoms with E-state index in [9.17, 15) is 14.7 Å². The van der Waals surface area contributed by atoms with Crippen LogP contribution < -0.4 is 0 Å². The van der Waals surface area contributed by atoms with E-state index in [2.05, 4.69) is 13.8 Å². The predicted molar refractivity (Wildman–Crippen MR) is 275 cm³/mol. The van der Waals surface area contributed by atoms with Gasteiger partial charge in [-0.15, -0.1) is 0 Å². The van der Waals surface area contributed by atoms with Crippen molar-refractivity contribution in [2.24, 2.45) is 0 Å². The van der Waals surface area contributed by atoms with Crippen LogP contribution in [0, 0.1) is 0 Å². The highest BCUT2D eigenvalue weighted by Gasteiger charge is 2.16. The zero-order chi connectivity index (χ0) is 45.6. The third-order valence-corrected chi connectivity index (χ3v) is 13.7. The average molecular weight is 892 g/mol. The Hall–Kier alpha value is -1.10. The summed E-state index contributed by atoms with van der Waals surface area (Å²) in [7, 11) is 0. The van der Waals surface area contributed by atoms with Crippen LogP contribution in [0.5, 0.6) is 0 Å². The molecule has 0 fully saturated rings. The van der Waals surface area contributed by atoms with Crippen LogP contribution in [-0.4, -0.2) is 36.4 Å². The van der Waals surface area contributed by atoms with Gasteiger partial charge in [0, 0.05) is 12.8 Å². The summed E-state index contributed by atoms with van der Waals surface area (Å²) in [5, 5.41) is 9.66. The van der Waals surface area contributed by atoms with Gasteiger partial charge in [-0.05, 0) is 12.8 Å². The van der Waals surface area contributed by atoms with Crippen molar-refractivity contribution >= 4 is 11.9 Å². The van der Waals surface area contributed by atoms with Crippen LogP contribution in [0.4, 0.5) is 0 Å². The number of unbranched alkanes of at least 4 members (excludes halogenated alkanes) is 47. The normalized spacial score (nSPS) is 12.0. The molecule has 0 heterocycles. The van der Waals surface area contributed by atoms with Crippen LogP contribution >= 0.6 is 0 Å². The molecule has 0 bridgehead atoms. The van der Waals surface area contributed by atoms with Crippen LogP contribution in [0.15, 0.2) is 0 Å². The molecule has 0 aliphatic carbocycles. The second kappa shape index (κ2) is 55.2. The molecule has 5 nitrogen and oxygen atoms in total. The molecule has 1 unspecified atom stereocenters. The van der Waals surface area contributed by atoms with Gasteiger partial charge in [0.25, 0.3) is 0 Å². The monoisotopic (exact) mass is 891 g/mol. The SMILES string of the molecule is CCCCCCCCCCCCCCCCCCCCCCCCCCCCC(=O)OC(CO)COC(=O)CCCCCCCCCCCCCCCCCCCCCCCCC. The second-order valence-electron chi connectivity index (χ2n) is 20.1. The van der Waals surface area contributed by atoms with Gasteiger partial charge < -0.3 is 14.6 Å². The van der Waals surface area contributed by atoms with E-state index in [0.29, 0.717) is 12.8 Å². The highest BCUT2D eigenvalue weighted by molar-refractivity contribution is 5.70. The Morgan fingerprint density at radius 2 is 0.492 bits per heavy atom. The van der Waals surface area contributed by atoms with Gasteiger partial charge in [0.05, 0.1) is 6.61 Å². The summed E-state index contributed by atoms with van der Waals surface area (Å²) in [4.78, 5) is 24.5. The van der Waals surface area contributed by atoms with Crippen molar-refractivity contribution in [2.75, 3.05) is 13.2 Å².